The van der Waals surface area contributed by atoms with Crippen LogP contribution in [0.2, 0.25) is 0 Å². The molecule has 0 spiro atoms. The van der Waals surface area contributed by atoms with Gasteiger partial charge in [-0.3, -0.25) is 4.90 Å². The predicted molar refractivity (Wildman–Crippen MR) is 102 cm³/mol. The first-order chi connectivity index (χ1) is 12.2. The Labute approximate surface area is 150 Å². The van der Waals surface area contributed by atoms with E-state index in [0.717, 1.165) is 32.5 Å². The fraction of sp³-hybridized carbons (Fsp3) is 0.381. The summed E-state index contributed by atoms with van der Waals surface area (Å²) in [4.78, 5) is 14.5. The molecule has 1 saturated heterocycles. The van der Waals surface area contributed by atoms with Gasteiger partial charge in [-0.1, -0.05) is 60.2 Å². The smallest absolute Gasteiger partial charge is 0.315 e. The Morgan fingerprint density at radius 3 is 2.72 bits per heavy atom. The van der Waals surface area contributed by atoms with Crippen LogP contribution in [0.15, 0.2) is 54.6 Å². The van der Waals surface area contributed by atoms with E-state index in [2.05, 4.69) is 71.0 Å². The summed E-state index contributed by atoms with van der Waals surface area (Å²) in [5.41, 5.74) is 3.84. The molecule has 132 valence electrons. The molecule has 2 aromatic rings. The molecule has 0 aromatic heterocycles. The van der Waals surface area contributed by atoms with Crippen molar-refractivity contribution in [2.45, 2.75) is 32.4 Å². The largest absolute Gasteiger partial charge is 0.338 e. The van der Waals surface area contributed by atoms with Gasteiger partial charge in [0.15, 0.2) is 0 Å². The molecule has 0 bridgehead atoms. The normalized spacial score (nSPS) is 17.4. The molecule has 2 N–H and O–H groups in total. The maximum atomic E-state index is 12.1. The molecule has 0 aliphatic carbocycles. The lowest BCUT2D eigenvalue weighted by atomic mass is 10.1. The van der Waals surface area contributed by atoms with Gasteiger partial charge in [-0.25, -0.2) is 4.79 Å². The molecule has 3 rings (SSSR count). The molecule has 25 heavy (non-hydrogen) atoms. The Kier molecular flexibility index (Phi) is 6.07. The molecule has 1 unspecified atom stereocenters. The minimum atomic E-state index is -0.0563. The SMILES string of the molecule is Cc1cccc(CCNC(=O)NC2CCN(Cc3ccccc3)C2)c1. The standard InChI is InChI=1S/C21H27N3O/c1-17-6-5-9-18(14-17)10-12-22-21(25)23-20-11-13-24(16-20)15-19-7-3-2-4-8-19/h2-9,14,20H,10-13,15-16H2,1H3,(H2,22,23,25). The van der Waals surface area contributed by atoms with E-state index >= 15 is 0 Å². The van der Waals surface area contributed by atoms with Gasteiger partial charge in [-0.15, -0.1) is 0 Å². The van der Waals surface area contributed by atoms with E-state index in [-0.39, 0.29) is 12.1 Å². The van der Waals surface area contributed by atoms with Crippen molar-refractivity contribution in [3.05, 3.63) is 71.3 Å². The Hall–Kier alpha value is -2.33. The summed E-state index contributed by atoms with van der Waals surface area (Å²) in [6.45, 7) is 5.65. The van der Waals surface area contributed by atoms with Crippen molar-refractivity contribution in [2.24, 2.45) is 0 Å². The quantitative estimate of drug-likeness (QED) is 0.851. The molecule has 0 saturated carbocycles. The topological polar surface area (TPSA) is 44.4 Å². The van der Waals surface area contributed by atoms with Crippen molar-refractivity contribution in [3.8, 4) is 0 Å². The summed E-state index contributed by atoms with van der Waals surface area (Å²) in [6, 6.07) is 19.1. The van der Waals surface area contributed by atoms with Crippen LogP contribution >= 0.6 is 0 Å². The number of carbonyl (C=O) groups excluding carboxylic acids is 1. The first-order valence-corrected chi connectivity index (χ1v) is 9.05. The lowest BCUT2D eigenvalue weighted by Crippen LogP contribution is -2.43. The maximum Gasteiger partial charge on any atom is 0.315 e. The summed E-state index contributed by atoms with van der Waals surface area (Å²) >= 11 is 0. The van der Waals surface area contributed by atoms with Crippen LogP contribution in [0.25, 0.3) is 0 Å². The highest BCUT2D eigenvalue weighted by Crippen LogP contribution is 2.13. The average Bonchev–Trinajstić information content (AvgIpc) is 3.02. The first-order valence-electron chi connectivity index (χ1n) is 9.05. The summed E-state index contributed by atoms with van der Waals surface area (Å²) in [6.07, 6.45) is 1.87. The van der Waals surface area contributed by atoms with Crippen molar-refractivity contribution < 1.29 is 4.79 Å². The van der Waals surface area contributed by atoms with Gasteiger partial charge in [0.25, 0.3) is 0 Å². The van der Waals surface area contributed by atoms with Crippen LogP contribution < -0.4 is 10.6 Å². The number of amides is 2. The van der Waals surface area contributed by atoms with Crippen molar-refractivity contribution in [1.29, 1.82) is 0 Å². The number of hydrogen-bond donors (Lipinski definition) is 2. The molecule has 1 atom stereocenters. The second-order valence-corrected chi connectivity index (χ2v) is 6.85. The van der Waals surface area contributed by atoms with E-state index in [0.29, 0.717) is 6.54 Å². The number of benzene rings is 2. The van der Waals surface area contributed by atoms with E-state index in [1.165, 1.54) is 16.7 Å². The molecule has 4 nitrogen and oxygen atoms in total. The number of urea groups is 1. The van der Waals surface area contributed by atoms with Crippen LogP contribution in [-0.2, 0) is 13.0 Å². The molecule has 4 heteroatoms. The Morgan fingerprint density at radius 1 is 1.12 bits per heavy atom. The van der Waals surface area contributed by atoms with Crippen LogP contribution in [0.1, 0.15) is 23.1 Å². The average molecular weight is 337 g/mol. The van der Waals surface area contributed by atoms with Crippen molar-refractivity contribution in [2.75, 3.05) is 19.6 Å². The van der Waals surface area contributed by atoms with Crippen LogP contribution in [-0.4, -0.2) is 36.6 Å². The lowest BCUT2D eigenvalue weighted by molar-refractivity contribution is 0.236. The highest BCUT2D eigenvalue weighted by atomic mass is 16.2. The number of nitrogens with zero attached hydrogens (tertiary/aromatic N) is 1. The molecule has 1 aliphatic heterocycles. The number of carbonyl (C=O) groups is 1. The van der Waals surface area contributed by atoms with Gasteiger partial charge in [0.05, 0.1) is 0 Å². The van der Waals surface area contributed by atoms with Crippen LogP contribution in [0.4, 0.5) is 4.79 Å². The minimum Gasteiger partial charge on any atom is -0.338 e. The highest BCUT2D eigenvalue weighted by molar-refractivity contribution is 5.74. The number of rotatable bonds is 6. The van der Waals surface area contributed by atoms with Gasteiger partial charge >= 0.3 is 6.03 Å². The summed E-state index contributed by atoms with van der Waals surface area (Å²) < 4.78 is 0. The number of aryl methyl sites for hydroxylation is 1. The predicted octanol–water partition coefficient (Wildman–Crippen LogP) is 3.11. The fourth-order valence-corrected chi connectivity index (χ4v) is 3.36. The second-order valence-electron chi connectivity index (χ2n) is 6.85. The van der Waals surface area contributed by atoms with Gasteiger partial charge in [0, 0.05) is 32.2 Å². The Balaban J connectivity index is 1.36. The second kappa shape index (κ2) is 8.67. The molecule has 0 radical (unpaired) electrons. The van der Waals surface area contributed by atoms with Crippen molar-refractivity contribution in [3.63, 3.8) is 0 Å². The Bertz CT molecular complexity index is 687. The van der Waals surface area contributed by atoms with Gasteiger partial charge in [0.1, 0.15) is 0 Å². The van der Waals surface area contributed by atoms with Gasteiger partial charge in [-0.05, 0) is 30.9 Å². The maximum absolute atomic E-state index is 12.1. The molecule has 2 amide bonds. The number of nitrogens with one attached hydrogen (secondary N) is 2. The molecule has 1 heterocycles. The summed E-state index contributed by atoms with van der Waals surface area (Å²) in [5, 5.41) is 6.07. The molecular weight excluding hydrogens is 310 g/mol. The third kappa shape index (κ3) is 5.61. The molecule has 1 fully saturated rings. The molecular formula is C21H27N3O. The van der Waals surface area contributed by atoms with Crippen LogP contribution in [0.5, 0.6) is 0 Å². The zero-order valence-corrected chi connectivity index (χ0v) is 14.9. The number of likely N-dealkylation sites (tertiary alicyclic amines) is 1. The fourth-order valence-electron chi connectivity index (χ4n) is 3.36. The van der Waals surface area contributed by atoms with E-state index in [4.69, 9.17) is 0 Å². The van der Waals surface area contributed by atoms with Crippen molar-refractivity contribution in [1.82, 2.24) is 15.5 Å². The minimum absolute atomic E-state index is 0.0563. The monoisotopic (exact) mass is 337 g/mol. The number of hydrogen-bond acceptors (Lipinski definition) is 2. The zero-order valence-electron chi connectivity index (χ0n) is 14.9. The van der Waals surface area contributed by atoms with Gasteiger partial charge < -0.3 is 10.6 Å². The van der Waals surface area contributed by atoms with E-state index in [1.807, 2.05) is 6.07 Å². The van der Waals surface area contributed by atoms with E-state index < -0.39 is 0 Å². The van der Waals surface area contributed by atoms with Crippen molar-refractivity contribution >= 4 is 6.03 Å². The summed E-state index contributed by atoms with van der Waals surface area (Å²) in [5.74, 6) is 0. The third-order valence-electron chi connectivity index (χ3n) is 4.64. The molecule has 1 aliphatic rings. The van der Waals surface area contributed by atoms with E-state index in [1.54, 1.807) is 0 Å². The lowest BCUT2D eigenvalue weighted by Gasteiger charge is -2.17. The Morgan fingerprint density at radius 2 is 1.92 bits per heavy atom. The van der Waals surface area contributed by atoms with Crippen LogP contribution in [0.3, 0.4) is 0 Å². The highest BCUT2D eigenvalue weighted by Gasteiger charge is 2.23. The zero-order chi connectivity index (χ0) is 17.5. The first kappa shape index (κ1) is 17.5. The van der Waals surface area contributed by atoms with Gasteiger partial charge in [0.2, 0.25) is 0 Å². The summed E-state index contributed by atoms with van der Waals surface area (Å²) in [7, 11) is 0. The van der Waals surface area contributed by atoms with Crippen LogP contribution in [0, 0.1) is 6.92 Å². The third-order valence-corrected chi connectivity index (χ3v) is 4.64. The van der Waals surface area contributed by atoms with E-state index in [9.17, 15) is 4.79 Å². The molecule has 2 aromatic carbocycles. The van der Waals surface area contributed by atoms with Gasteiger partial charge in [-0.2, -0.15) is 0 Å².